The molecule has 0 aliphatic heterocycles. The van der Waals surface area contributed by atoms with Gasteiger partial charge in [0.2, 0.25) is 0 Å². The number of phosphoric acid groups is 1. The highest BCUT2D eigenvalue weighted by atomic mass is 31.2. The van der Waals surface area contributed by atoms with Gasteiger partial charge in [0.15, 0.2) is 0 Å². The van der Waals surface area contributed by atoms with Gasteiger partial charge in [0, 0.05) is 0 Å². The Morgan fingerprint density at radius 2 is 0.862 bits per heavy atom. The molecule has 170 valence electrons. The molecule has 0 bridgehead atoms. The molecule has 0 amide bonds. The average molecular weight is 435 g/mol. The van der Waals surface area contributed by atoms with Crippen molar-refractivity contribution in [3.63, 3.8) is 0 Å². The van der Waals surface area contributed by atoms with E-state index in [9.17, 15) is 4.57 Å². The van der Waals surface area contributed by atoms with Gasteiger partial charge in [-0.05, 0) is 18.2 Å². The first-order valence-corrected chi connectivity index (χ1v) is 11.6. The Morgan fingerprint density at radius 3 is 1.07 bits per heavy atom. The first-order chi connectivity index (χ1) is 13.3. The van der Waals surface area contributed by atoms with Crippen LogP contribution < -0.4 is 0 Å². The molecular formula is C21H45N3O4P+3. The standard InChI is InChI=1S/C21H45N3O4P/c1-10-13-22(4,5)16-19-26-29(25,27-20-17-23(6,7)14-11-2)28-21-18-24(8,9)15-12-3/h10-12H,1-3,13-21H2,4-9H3/q+3. The van der Waals surface area contributed by atoms with E-state index >= 15 is 0 Å². The number of nitrogens with zero attached hydrogens (tertiary/aromatic N) is 3. The van der Waals surface area contributed by atoms with Gasteiger partial charge in [-0.2, -0.15) is 0 Å². The zero-order valence-corrected chi connectivity index (χ0v) is 20.5. The average Bonchev–Trinajstić information content (AvgIpc) is 2.53. The summed E-state index contributed by atoms with van der Waals surface area (Å²) in [6.45, 7) is 16.6. The maximum atomic E-state index is 13.2. The van der Waals surface area contributed by atoms with Crippen molar-refractivity contribution in [2.24, 2.45) is 0 Å². The molecule has 0 unspecified atom stereocenters. The summed E-state index contributed by atoms with van der Waals surface area (Å²) in [5, 5.41) is 0. The summed E-state index contributed by atoms with van der Waals surface area (Å²) in [6, 6.07) is 0. The molecule has 0 aliphatic rings. The smallest absolute Gasteiger partial charge is 0.323 e. The maximum absolute atomic E-state index is 13.2. The van der Waals surface area contributed by atoms with Crippen molar-refractivity contribution in [3.05, 3.63) is 38.0 Å². The van der Waals surface area contributed by atoms with Crippen LogP contribution in [0.25, 0.3) is 0 Å². The number of likely N-dealkylation sites (N-methyl/N-ethyl adjacent to an activating group) is 3. The molecule has 0 aliphatic carbocycles. The minimum atomic E-state index is -3.64. The molecule has 0 radical (unpaired) electrons. The molecule has 0 spiro atoms. The molecule has 7 nitrogen and oxygen atoms in total. The highest BCUT2D eigenvalue weighted by Crippen LogP contribution is 2.49. The second-order valence-electron chi connectivity index (χ2n) is 9.34. The van der Waals surface area contributed by atoms with Crippen LogP contribution in [0.4, 0.5) is 0 Å². The Labute approximate surface area is 179 Å². The first kappa shape index (κ1) is 28.2. The molecular weight excluding hydrogens is 389 g/mol. The van der Waals surface area contributed by atoms with Gasteiger partial charge in [0.05, 0.1) is 61.9 Å². The van der Waals surface area contributed by atoms with E-state index in [1.807, 2.05) is 18.2 Å². The minimum Gasteiger partial charge on any atom is -0.323 e. The summed E-state index contributed by atoms with van der Waals surface area (Å²) >= 11 is 0. The SMILES string of the molecule is C=CC[N+](C)(C)CCOP(=O)(OCC[N+](C)(C)CC=C)OCC[N+](C)(C)CC=C. The third-order valence-corrected chi connectivity index (χ3v) is 6.20. The van der Waals surface area contributed by atoms with Crippen molar-refractivity contribution in [3.8, 4) is 0 Å². The third kappa shape index (κ3) is 13.9. The number of hydrogen-bond acceptors (Lipinski definition) is 4. The van der Waals surface area contributed by atoms with E-state index in [4.69, 9.17) is 13.6 Å². The zero-order valence-electron chi connectivity index (χ0n) is 19.6. The van der Waals surface area contributed by atoms with E-state index in [0.717, 1.165) is 19.6 Å². The normalized spacial score (nSPS) is 13.3. The van der Waals surface area contributed by atoms with Gasteiger partial charge in [-0.3, -0.25) is 13.6 Å². The molecule has 0 aromatic rings. The van der Waals surface area contributed by atoms with Crippen LogP contribution in [0.15, 0.2) is 38.0 Å². The number of quaternary nitrogens is 3. The minimum absolute atomic E-state index is 0.286. The van der Waals surface area contributed by atoms with Gasteiger partial charge >= 0.3 is 7.82 Å². The molecule has 0 N–H and O–H groups in total. The van der Waals surface area contributed by atoms with Crippen molar-refractivity contribution in [1.82, 2.24) is 0 Å². The third-order valence-electron chi connectivity index (χ3n) is 4.71. The van der Waals surface area contributed by atoms with Crippen LogP contribution in [0.5, 0.6) is 0 Å². The van der Waals surface area contributed by atoms with Crippen molar-refractivity contribution in [1.29, 1.82) is 0 Å². The van der Waals surface area contributed by atoms with Gasteiger partial charge in [-0.1, -0.05) is 19.7 Å². The monoisotopic (exact) mass is 434 g/mol. The topological polar surface area (TPSA) is 44.8 Å². The molecule has 0 atom stereocenters. The summed E-state index contributed by atoms with van der Waals surface area (Å²) in [7, 11) is 8.79. The molecule has 29 heavy (non-hydrogen) atoms. The van der Waals surface area contributed by atoms with Crippen LogP contribution in [0.3, 0.4) is 0 Å². The van der Waals surface area contributed by atoms with Crippen LogP contribution in [0.2, 0.25) is 0 Å². The lowest BCUT2D eigenvalue weighted by Crippen LogP contribution is -2.43. The molecule has 0 heterocycles. The van der Waals surface area contributed by atoms with Gasteiger partial charge in [-0.15, -0.1) is 0 Å². The summed E-state index contributed by atoms with van der Waals surface area (Å²) in [5.74, 6) is 0. The van der Waals surface area contributed by atoms with Gasteiger partial charge in [0.25, 0.3) is 0 Å². The second kappa shape index (κ2) is 12.8. The van der Waals surface area contributed by atoms with Crippen molar-refractivity contribution >= 4 is 7.82 Å². The largest absolute Gasteiger partial charge is 0.475 e. The molecule has 0 aromatic carbocycles. The zero-order chi connectivity index (χ0) is 22.6. The lowest BCUT2D eigenvalue weighted by Gasteiger charge is -2.31. The second-order valence-corrected chi connectivity index (χ2v) is 11.0. The van der Waals surface area contributed by atoms with Crippen molar-refractivity contribution in [2.45, 2.75) is 0 Å². The highest BCUT2D eigenvalue weighted by Gasteiger charge is 2.30. The molecule has 0 fully saturated rings. The van der Waals surface area contributed by atoms with Gasteiger partial charge in [0.1, 0.15) is 39.5 Å². The van der Waals surface area contributed by atoms with Crippen LogP contribution in [-0.2, 0) is 18.1 Å². The molecule has 0 saturated heterocycles. The Kier molecular flexibility index (Phi) is 12.5. The van der Waals surface area contributed by atoms with E-state index in [1.165, 1.54) is 0 Å². The molecule has 8 heteroatoms. The van der Waals surface area contributed by atoms with E-state index in [1.54, 1.807) is 0 Å². The van der Waals surface area contributed by atoms with Crippen LogP contribution in [-0.4, -0.2) is 115 Å². The lowest BCUT2D eigenvalue weighted by atomic mass is 10.4. The fourth-order valence-electron chi connectivity index (χ4n) is 2.63. The predicted octanol–water partition coefficient (Wildman–Crippen LogP) is 2.93. The summed E-state index contributed by atoms with van der Waals surface area (Å²) in [4.78, 5) is 0. The number of phosphoric ester groups is 1. The Bertz CT molecular complexity index is 486. The summed E-state index contributed by atoms with van der Waals surface area (Å²) < 4.78 is 32.3. The Hall–Kier alpha value is -0.790. The lowest BCUT2D eigenvalue weighted by molar-refractivity contribution is -0.885. The fourth-order valence-corrected chi connectivity index (χ4v) is 3.77. The van der Waals surface area contributed by atoms with E-state index in [-0.39, 0.29) is 19.8 Å². The molecule has 0 aromatic heterocycles. The fraction of sp³-hybridized carbons (Fsp3) is 0.714. The van der Waals surface area contributed by atoms with Crippen molar-refractivity contribution in [2.75, 3.05) is 101 Å². The van der Waals surface area contributed by atoms with Crippen LogP contribution in [0, 0.1) is 0 Å². The molecule has 0 rings (SSSR count). The van der Waals surface area contributed by atoms with E-state index in [0.29, 0.717) is 33.1 Å². The van der Waals surface area contributed by atoms with Gasteiger partial charge < -0.3 is 13.4 Å². The molecule has 0 saturated carbocycles. The predicted molar refractivity (Wildman–Crippen MR) is 122 cm³/mol. The van der Waals surface area contributed by atoms with Crippen LogP contribution >= 0.6 is 7.82 Å². The Balaban J connectivity index is 4.87. The Morgan fingerprint density at radius 1 is 0.621 bits per heavy atom. The van der Waals surface area contributed by atoms with Crippen LogP contribution in [0.1, 0.15) is 0 Å². The van der Waals surface area contributed by atoms with Gasteiger partial charge in [-0.25, -0.2) is 4.57 Å². The summed E-state index contributed by atoms with van der Waals surface area (Å²) in [5.41, 5.74) is 0. The number of hydrogen-bond donors (Lipinski definition) is 0. The maximum Gasteiger partial charge on any atom is 0.475 e. The number of rotatable bonds is 18. The first-order valence-electron chi connectivity index (χ1n) is 10.1. The summed E-state index contributed by atoms with van der Waals surface area (Å²) in [6.07, 6.45) is 5.60. The quantitative estimate of drug-likeness (QED) is 0.189. The van der Waals surface area contributed by atoms with E-state index in [2.05, 4.69) is 62.0 Å². The highest BCUT2D eigenvalue weighted by molar-refractivity contribution is 7.48. The van der Waals surface area contributed by atoms with Crippen molar-refractivity contribution < 1.29 is 31.6 Å². The van der Waals surface area contributed by atoms with E-state index < -0.39 is 7.82 Å².